The van der Waals surface area contributed by atoms with Gasteiger partial charge in [0.1, 0.15) is 5.69 Å². The van der Waals surface area contributed by atoms with Gasteiger partial charge in [0.2, 0.25) is 0 Å². The summed E-state index contributed by atoms with van der Waals surface area (Å²) in [5.74, 6) is 0.0147. The van der Waals surface area contributed by atoms with Gasteiger partial charge in [-0.1, -0.05) is 12.8 Å². The van der Waals surface area contributed by atoms with Crippen LogP contribution in [0.25, 0.3) is 0 Å². The zero-order chi connectivity index (χ0) is 21.2. The minimum atomic E-state index is -4.63. The molecule has 1 saturated carbocycles. The van der Waals surface area contributed by atoms with Crippen LogP contribution in [0, 0.1) is 10.1 Å². The molecule has 0 spiro atoms. The topological polar surface area (TPSA) is 79.9 Å². The standard InChI is InChI=1S/C19H25F3N4O3/c1-13(18(27)23-15-4-2-3-5-15)24-8-10-25(11-9-24)16-7-6-14(19(20,21)22)12-17(16)26(28)29/h6-7,12-13,15H,2-5,8-11H2,1H3,(H,23,27)/p+1/t13-/m1/s1. The monoisotopic (exact) mass is 415 g/mol. The number of benzene rings is 1. The predicted octanol–water partition coefficient (Wildman–Crippen LogP) is 1.77. The highest BCUT2D eigenvalue weighted by Gasteiger charge is 2.36. The lowest BCUT2D eigenvalue weighted by Crippen LogP contribution is -3.19. The molecule has 1 atom stereocenters. The molecule has 1 aromatic carbocycles. The molecule has 2 fully saturated rings. The Labute approximate surface area is 167 Å². The van der Waals surface area contributed by atoms with Crippen molar-refractivity contribution in [1.29, 1.82) is 0 Å². The summed E-state index contributed by atoms with van der Waals surface area (Å²) >= 11 is 0. The third-order valence-electron chi connectivity index (χ3n) is 5.95. The summed E-state index contributed by atoms with van der Waals surface area (Å²) in [5.41, 5.74) is -1.39. The number of carbonyl (C=O) groups is 1. The number of nitrogens with one attached hydrogen (secondary N) is 2. The summed E-state index contributed by atoms with van der Waals surface area (Å²) in [5, 5.41) is 14.4. The fourth-order valence-electron chi connectivity index (χ4n) is 4.16. The molecule has 0 bridgehead atoms. The molecule has 1 amide bonds. The second-order valence-corrected chi connectivity index (χ2v) is 7.82. The van der Waals surface area contributed by atoms with E-state index in [2.05, 4.69) is 5.32 Å². The van der Waals surface area contributed by atoms with Gasteiger partial charge in [-0.3, -0.25) is 14.9 Å². The molecule has 160 valence electrons. The van der Waals surface area contributed by atoms with E-state index in [0.717, 1.165) is 36.6 Å². The van der Waals surface area contributed by atoms with Crippen molar-refractivity contribution in [2.75, 3.05) is 31.1 Å². The lowest BCUT2D eigenvalue weighted by atomic mass is 10.1. The summed E-state index contributed by atoms with van der Waals surface area (Å²) in [4.78, 5) is 25.8. The van der Waals surface area contributed by atoms with Crippen LogP contribution in [0.5, 0.6) is 0 Å². The fraction of sp³-hybridized carbons (Fsp3) is 0.632. The number of amides is 1. The van der Waals surface area contributed by atoms with E-state index >= 15 is 0 Å². The smallest absolute Gasteiger partial charge is 0.355 e. The quantitative estimate of drug-likeness (QED) is 0.568. The Balaban J connectivity index is 1.64. The SMILES string of the molecule is C[C@H](C(=O)NC1CCCC1)[NH+]1CCN(c2ccc(C(F)(F)F)cc2[N+](=O)[O-])CC1. The molecular formula is C19H26F3N4O3+. The number of nitro benzene ring substituents is 1. The maximum atomic E-state index is 12.9. The highest BCUT2D eigenvalue weighted by atomic mass is 19.4. The average molecular weight is 415 g/mol. The Morgan fingerprint density at radius 3 is 2.45 bits per heavy atom. The first kappa shape index (κ1) is 21.4. The molecule has 1 aliphatic carbocycles. The third kappa shape index (κ3) is 4.98. The molecule has 29 heavy (non-hydrogen) atoms. The molecule has 1 aliphatic heterocycles. The maximum Gasteiger partial charge on any atom is 0.416 e. The van der Waals surface area contributed by atoms with Crippen LogP contribution in [-0.2, 0) is 11.0 Å². The van der Waals surface area contributed by atoms with Crippen LogP contribution in [0.2, 0.25) is 0 Å². The van der Waals surface area contributed by atoms with Gasteiger partial charge in [-0.15, -0.1) is 0 Å². The summed E-state index contributed by atoms with van der Waals surface area (Å²) in [6.07, 6.45) is -0.333. The normalized spacial score (nSPS) is 19.9. The van der Waals surface area contributed by atoms with Crippen LogP contribution in [0.15, 0.2) is 18.2 Å². The molecule has 1 saturated heterocycles. The number of rotatable bonds is 5. The molecular weight excluding hydrogens is 389 g/mol. The first-order valence-electron chi connectivity index (χ1n) is 9.92. The van der Waals surface area contributed by atoms with Crippen molar-refractivity contribution in [2.45, 2.75) is 50.9 Å². The zero-order valence-corrected chi connectivity index (χ0v) is 16.3. The van der Waals surface area contributed by atoms with Gasteiger partial charge < -0.3 is 15.1 Å². The molecule has 0 radical (unpaired) electrons. The minimum absolute atomic E-state index is 0.0147. The maximum absolute atomic E-state index is 12.9. The molecule has 3 rings (SSSR count). The Bertz CT molecular complexity index is 758. The van der Waals surface area contributed by atoms with Crippen molar-refractivity contribution < 1.29 is 27.8 Å². The molecule has 2 aliphatic rings. The van der Waals surface area contributed by atoms with Crippen molar-refractivity contribution in [2.24, 2.45) is 0 Å². The first-order chi connectivity index (χ1) is 13.7. The van der Waals surface area contributed by atoms with Crippen molar-refractivity contribution in [3.05, 3.63) is 33.9 Å². The van der Waals surface area contributed by atoms with E-state index in [0.29, 0.717) is 32.2 Å². The minimum Gasteiger partial charge on any atom is -0.355 e. The highest BCUT2D eigenvalue weighted by molar-refractivity contribution is 5.80. The van der Waals surface area contributed by atoms with Crippen LogP contribution in [0.3, 0.4) is 0 Å². The molecule has 1 aromatic rings. The number of quaternary nitrogens is 1. The van der Waals surface area contributed by atoms with Crippen LogP contribution in [0.4, 0.5) is 24.5 Å². The zero-order valence-electron chi connectivity index (χ0n) is 16.3. The van der Waals surface area contributed by atoms with Crippen molar-refractivity contribution in [3.63, 3.8) is 0 Å². The number of alkyl halides is 3. The van der Waals surface area contributed by atoms with E-state index in [4.69, 9.17) is 0 Å². The van der Waals surface area contributed by atoms with Crippen LogP contribution < -0.4 is 15.1 Å². The van der Waals surface area contributed by atoms with Gasteiger partial charge >= 0.3 is 6.18 Å². The van der Waals surface area contributed by atoms with Gasteiger partial charge in [0, 0.05) is 12.1 Å². The van der Waals surface area contributed by atoms with Crippen molar-refractivity contribution in [3.8, 4) is 0 Å². The van der Waals surface area contributed by atoms with Crippen molar-refractivity contribution >= 4 is 17.3 Å². The number of carbonyl (C=O) groups excluding carboxylic acids is 1. The molecule has 7 nitrogen and oxygen atoms in total. The Morgan fingerprint density at radius 1 is 1.28 bits per heavy atom. The second-order valence-electron chi connectivity index (χ2n) is 7.82. The van der Waals surface area contributed by atoms with Gasteiger partial charge in [0.15, 0.2) is 6.04 Å². The number of piperazine rings is 1. The predicted molar refractivity (Wildman–Crippen MR) is 101 cm³/mol. The molecule has 0 unspecified atom stereocenters. The molecule has 2 N–H and O–H groups in total. The third-order valence-corrected chi connectivity index (χ3v) is 5.95. The highest BCUT2D eigenvalue weighted by Crippen LogP contribution is 2.36. The van der Waals surface area contributed by atoms with Crippen LogP contribution in [0.1, 0.15) is 38.2 Å². The summed E-state index contributed by atoms with van der Waals surface area (Å²) in [6.45, 7) is 3.90. The lowest BCUT2D eigenvalue weighted by Gasteiger charge is -2.36. The van der Waals surface area contributed by atoms with Gasteiger partial charge in [0.05, 0.1) is 36.7 Å². The van der Waals surface area contributed by atoms with Crippen molar-refractivity contribution in [1.82, 2.24) is 5.32 Å². The van der Waals surface area contributed by atoms with E-state index in [-0.39, 0.29) is 23.7 Å². The van der Waals surface area contributed by atoms with E-state index in [9.17, 15) is 28.1 Å². The van der Waals surface area contributed by atoms with Gasteiger partial charge in [-0.2, -0.15) is 13.2 Å². The number of nitro groups is 1. The number of nitrogens with zero attached hydrogens (tertiary/aromatic N) is 2. The van der Waals surface area contributed by atoms with Gasteiger partial charge in [0.25, 0.3) is 11.6 Å². The average Bonchev–Trinajstić information content (AvgIpc) is 3.19. The lowest BCUT2D eigenvalue weighted by molar-refractivity contribution is -0.914. The van der Waals surface area contributed by atoms with E-state index in [1.54, 1.807) is 4.90 Å². The Hall–Kier alpha value is -2.36. The number of hydrogen-bond donors (Lipinski definition) is 2. The van der Waals surface area contributed by atoms with E-state index < -0.39 is 22.4 Å². The first-order valence-corrected chi connectivity index (χ1v) is 9.92. The van der Waals surface area contributed by atoms with E-state index in [1.807, 2.05) is 6.92 Å². The van der Waals surface area contributed by atoms with Crippen LogP contribution in [-0.4, -0.2) is 49.1 Å². The fourth-order valence-corrected chi connectivity index (χ4v) is 4.16. The summed E-state index contributed by atoms with van der Waals surface area (Å²) in [6, 6.07) is 2.65. The molecule has 10 heteroatoms. The summed E-state index contributed by atoms with van der Waals surface area (Å²) < 4.78 is 38.7. The van der Waals surface area contributed by atoms with Gasteiger partial charge in [-0.05, 0) is 31.9 Å². The Kier molecular flexibility index (Phi) is 6.30. The second kappa shape index (κ2) is 8.56. The molecule has 1 heterocycles. The largest absolute Gasteiger partial charge is 0.416 e. The Morgan fingerprint density at radius 2 is 1.90 bits per heavy atom. The van der Waals surface area contributed by atoms with Crippen LogP contribution >= 0.6 is 0 Å². The number of hydrogen-bond acceptors (Lipinski definition) is 4. The number of anilines is 1. The molecule has 0 aromatic heterocycles. The van der Waals surface area contributed by atoms with Gasteiger partial charge in [-0.25, -0.2) is 0 Å². The summed E-state index contributed by atoms with van der Waals surface area (Å²) in [7, 11) is 0. The number of halogens is 3. The van der Waals surface area contributed by atoms with E-state index in [1.165, 1.54) is 6.07 Å².